The maximum atomic E-state index is 11.6. The van der Waals surface area contributed by atoms with Crippen molar-refractivity contribution in [2.24, 2.45) is 0 Å². The molecular formula is C18H26O6S2. The van der Waals surface area contributed by atoms with Gasteiger partial charge in [-0.25, -0.2) is 0 Å². The highest BCUT2D eigenvalue weighted by Gasteiger charge is 2.23. The molecular weight excluding hydrogens is 376 g/mol. The zero-order valence-corrected chi connectivity index (χ0v) is 17.4. The fourth-order valence-corrected chi connectivity index (χ4v) is 3.71. The average Bonchev–Trinajstić information content (AvgIpc) is 2.57. The zero-order chi connectivity index (χ0) is 20.7. The van der Waals surface area contributed by atoms with Crippen molar-refractivity contribution in [2.75, 3.05) is 0 Å². The van der Waals surface area contributed by atoms with Crippen LogP contribution in [-0.2, 0) is 20.2 Å². The number of aryl methyl sites for hydroxylation is 2. The SMILES string of the molecule is CC.CC.Cc1ccc(-c2ccc(C)cc2S(=O)(=O)O)c(S(=O)(=O)O)c1. The van der Waals surface area contributed by atoms with Gasteiger partial charge in [0.25, 0.3) is 20.2 Å². The van der Waals surface area contributed by atoms with Crippen LogP contribution in [0.1, 0.15) is 38.8 Å². The Morgan fingerprint density at radius 3 is 1.12 bits per heavy atom. The van der Waals surface area contributed by atoms with Gasteiger partial charge in [-0.2, -0.15) is 16.8 Å². The Hall–Kier alpha value is -1.74. The summed E-state index contributed by atoms with van der Waals surface area (Å²) in [5, 5.41) is 0. The molecule has 6 nitrogen and oxygen atoms in total. The predicted octanol–water partition coefficient (Wildman–Crippen LogP) is 4.52. The van der Waals surface area contributed by atoms with Gasteiger partial charge in [-0.05, 0) is 37.1 Å². The minimum atomic E-state index is -4.55. The molecule has 0 aromatic heterocycles. The summed E-state index contributed by atoms with van der Waals surface area (Å²) in [6.45, 7) is 11.3. The molecule has 146 valence electrons. The maximum absolute atomic E-state index is 11.6. The summed E-state index contributed by atoms with van der Waals surface area (Å²) in [5.74, 6) is 0. The fraction of sp³-hybridized carbons (Fsp3) is 0.333. The van der Waals surface area contributed by atoms with Crippen LogP contribution in [0.3, 0.4) is 0 Å². The molecule has 0 aliphatic heterocycles. The smallest absolute Gasteiger partial charge is 0.282 e. The number of rotatable bonds is 3. The topological polar surface area (TPSA) is 109 Å². The highest BCUT2D eigenvalue weighted by atomic mass is 32.2. The summed E-state index contributed by atoms with van der Waals surface area (Å²) in [6.07, 6.45) is 0. The first-order valence-electron chi connectivity index (χ1n) is 8.17. The molecule has 0 fully saturated rings. The Morgan fingerprint density at radius 1 is 0.615 bits per heavy atom. The molecule has 0 aliphatic rings. The molecule has 2 aromatic carbocycles. The molecule has 2 aromatic rings. The second-order valence-corrected chi connectivity index (χ2v) is 7.73. The Bertz CT molecular complexity index is 866. The third-order valence-electron chi connectivity index (χ3n) is 3.12. The number of benzene rings is 2. The largest absolute Gasteiger partial charge is 0.295 e. The van der Waals surface area contributed by atoms with Crippen LogP contribution in [0.25, 0.3) is 11.1 Å². The summed E-state index contributed by atoms with van der Waals surface area (Å²) in [6, 6.07) is 8.40. The standard InChI is InChI=1S/C14H14O6S2.2C2H6/c1-9-3-5-11(13(7-9)21(15,16)17)12-6-4-10(2)8-14(12)22(18,19)20;2*1-2/h3-8H,1-2H3,(H,15,16,17)(H,18,19,20);2*1-2H3. The van der Waals surface area contributed by atoms with E-state index in [4.69, 9.17) is 0 Å². The third-order valence-corrected chi connectivity index (χ3v) is 4.91. The van der Waals surface area contributed by atoms with Crippen LogP contribution in [0.4, 0.5) is 0 Å². The summed E-state index contributed by atoms with van der Waals surface area (Å²) in [4.78, 5) is -0.831. The highest BCUT2D eigenvalue weighted by molar-refractivity contribution is 7.86. The van der Waals surface area contributed by atoms with E-state index in [2.05, 4.69) is 0 Å². The summed E-state index contributed by atoms with van der Waals surface area (Å²) < 4.78 is 64.9. The second-order valence-electron chi connectivity index (χ2n) is 4.95. The molecule has 0 radical (unpaired) electrons. The van der Waals surface area contributed by atoms with Crippen molar-refractivity contribution in [2.45, 2.75) is 51.3 Å². The van der Waals surface area contributed by atoms with Crippen molar-refractivity contribution in [3.63, 3.8) is 0 Å². The predicted molar refractivity (Wildman–Crippen MR) is 104 cm³/mol. The van der Waals surface area contributed by atoms with Crippen molar-refractivity contribution in [3.05, 3.63) is 47.5 Å². The van der Waals surface area contributed by atoms with Crippen molar-refractivity contribution in [1.82, 2.24) is 0 Å². The van der Waals surface area contributed by atoms with Gasteiger partial charge in [-0.3, -0.25) is 9.11 Å². The summed E-state index contributed by atoms with van der Waals surface area (Å²) >= 11 is 0. The molecule has 0 heterocycles. The van der Waals surface area contributed by atoms with E-state index in [0.717, 1.165) is 0 Å². The first-order chi connectivity index (χ1) is 12.0. The van der Waals surface area contributed by atoms with Crippen LogP contribution in [0.5, 0.6) is 0 Å². The zero-order valence-electron chi connectivity index (χ0n) is 15.8. The highest BCUT2D eigenvalue weighted by Crippen LogP contribution is 2.33. The van der Waals surface area contributed by atoms with Crippen LogP contribution >= 0.6 is 0 Å². The van der Waals surface area contributed by atoms with Crippen LogP contribution in [0, 0.1) is 13.8 Å². The number of hydrogen-bond acceptors (Lipinski definition) is 4. The van der Waals surface area contributed by atoms with Crippen molar-refractivity contribution in [3.8, 4) is 11.1 Å². The molecule has 0 amide bonds. The number of hydrogen-bond donors (Lipinski definition) is 2. The van der Waals surface area contributed by atoms with Gasteiger partial charge in [-0.1, -0.05) is 52.0 Å². The van der Waals surface area contributed by atoms with E-state index in [1.54, 1.807) is 26.0 Å². The molecule has 0 saturated heterocycles. The maximum Gasteiger partial charge on any atom is 0.295 e. The molecule has 0 saturated carbocycles. The van der Waals surface area contributed by atoms with Gasteiger partial charge in [0.05, 0.1) is 0 Å². The minimum Gasteiger partial charge on any atom is -0.282 e. The molecule has 2 rings (SSSR count). The van der Waals surface area contributed by atoms with Gasteiger partial charge in [-0.15, -0.1) is 0 Å². The molecule has 0 unspecified atom stereocenters. The van der Waals surface area contributed by atoms with Gasteiger partial charge < -0.3 is 0 Å². The minimum absolute atomic E-state index is 0.000671. The van der Waals surface area contributed by atoms with Crippen LogP contribution in [0.2, 0.25) is 0 Å². The van der Waals surface area contributed by atoms with Crippen molar-refractivity contribution < 1.29 is 25.9 Å². The second kappa shape index (κ2) is 9.82. The summed E-state index contributed by atoms with van der Waals surface area (Å²) in [7, 11) is -9.11. The molecule has 26 heavy (non-hydrogen) atoms. The van der Waals surface area contributed by atoms with E-state index in [1.165, 1.54) is 24.3 Å². The molecule has 2 N–H and O–H groups in total. The lowest BCUT2D eigenvalue weighted by Gasteiger charge is -2.12. The Labute approximate surface area is 156 Å². The summed E-state index contributed by atoms with van der Waals surface area (Å²) in [5.41, 5.74) is 1.16. The monoisotopic (exact) mass is 402 g/mol. The quantitative estimate of drug-likeness (QED) is 0.731. The third kappa shape index (κ3) is 6.21. The Morgan fingerprint density at radius 2 is 0.885 bits per heavy atom. The molecule has 0 atom stereocenters. The molecule has 0 bridgehead atoms. The van der Waals surface area contributed by atoms with E-state index < -0.39 is 30.0 Å². The first-order valence-corrected chi connectivity index (χ1v) is 11.0. The molecule has 0 aliphatic carbocycles. The Balaban J connectivity index is 0.00000146. The van der Waals surface area contributed by atoms with Crippen molar-refractivity contribution >= 4 is 20.2 Å². The van der Waals surface area contributed by atoms with E-state index in [0.29, 0.717) is 11.1 Å². The van der Waals surface area contributed by atoms with Crippen LogP contribution < -0.4 is 0 Å². The average molecular weight is 403 g/mol. The van der Waals surface area contributed by atoms with Gasteiger partial charge in [0.1, 0.15) is 9.79 Å². The van der Waals surface area contributed by atoms with Crippen molar-refractivity contribution in [1.29, 1.82) is 0 Å². The van der Waals surface area contributed by atoms with Gasteiger partial charge >= 0.3 is 0 Å². The lowest BCUT2D eigenvalue weighted by atomic mass is 10.0. The lowest BCUT2D eigenvalue weighted by Crippen LogP contribution is -2.05. The fourth-order valence-electron chi connectivity index (χ4n) is 2.13. The van der Waals surface area contributed by atoms with Crippen LogP contribution in [0.15, 0.2) is 46.2 Å². The van der Waals surface area contributed by atoms with Gasteiger partial charge in [0.2, 0.25) is 0 Å². The van der Waals surface area contributed by atoms with Gasteiger partial charge in [0.15, 0.2) is 0 Å². The van der Waals surface area contributed by atoms with E-state index >= 15 is 0 Å². The van der Waals surface area contributed by atoms with E-state index in [1.807, 2.05) is 27.7 Å². The van der Waals surface area contributed by atoms with Crippen LogP contribution in [-0.4, -0.2) is 25.9 Å². The molecule has 8 heteroatoms. The van der Waals surface area contributed by atoms with E-state index in [-0.39, 0.29) is 11.1 Å². The van der Waals surface area contributed by atoms with Gasteiger partial charge in [0, 0.05) is 11.1 Å². The molecule has 0 spiro atoms. The first kappa shape index (κ1) is 24.3. The normalized spacial score (nSPS) is 10.9. The van der Waals surface area contributed by atoms with E-state index in [9.17, 15) is 25.9 Å². The lowest BCUT2D eigenvalue weighted by molar-refractivity contribution is 0.480. The Kier molecular flexibility index (Phi) is 9.16.